The molecule has 0 aliphatic carbocycles. The molecular weight excluding hydrogens is 374 g/mol. The van der Waals surface area contributed by atoms with E-state index in [1.807, 2.05) is 31.7 Å². The molecule has 0 bridgehead atoms. The zero-order chi connectivity index (χ0) is 20.9. The van der Waals surface area contributed by atoms with Gasteiger partial charge in [0.05, 0.1) is 0 Å². The van der Waals surface area contributed by atoms with Gasteiger partial charge in [-0.15, -0.1) is 0 Å². The first-order valence-corrected chi connectivity index (χ1v) is 11.1. The maximum absolute atomic E-state index is 12.7. The predicted molar refractivity (Wildman–Crippen MR) is 121 cm³/mol. The molecule has 2 atom stereocenters. The van der Waals surface area contributed by atoms with Gasteiger partial charge in [-0.1, -0.05) is 18.2 Å². The SMILES string of the molecule is CC(C)(C)OC(=O)N1CC2CN3CCCc4cc(Nc5ccccc5)cc(c43)C2C1. The van der Waals surface area contributed by atoms with Crippen LogP contribution in [0.15, 0.2) is 42.5 Å². The number of amides is 1. The van der Waals surface area contributed by atoms with Gasteiger partial charge in [-0.25, -0.2) is 4.79 Å². The molecule has 2 aromatic carbocycles. The number of ether oxygens (including phenoxy) is 1. The van der Waals surface area contributed by atoms with Gasteiger partial charge in [0.2, 0.25) is 0 Å². The monoisotopic (exact) mass is 405 g/mol. The lowest BCUT2D eigenvalue weighted by Crippen LogP contribution is -2.41. The van der Waals surface area contributed by atoms with Crippen molar-refractivity contribution in [3.05, 3.63) is 53.6 Å². The molecule has 3 aliphatic heterocycles. The molecule has 5 heteroatoms. The Hall–Kier alpha value is -2.69. The van der Waals surface area contributed by atoms with Crippen molar-refractivity contribution in [3.8, 4) is 0 Å². The van der Waals surface area contributed by atoms with Gasteiger partial charge in [0, 0.05) is 55.1 Å². The van der Waals surface area contributed by atoms with Gasteiger partial charge < -0.3 is 19.9 Å². The van der Waals surface area contributed by atoms with Gasteiger partial charge in [-0.05, 0) is 69.0 Å². The Balaban J connectivity index is 1.46. The average Bonchev–Trinajstić information content (AvgIpc) is 3.12. The number of nitrogens with one attached hydrogen (secondary N) is 1. The molecule has 1 N–H and O–H groups in total. The van der Waals surface area contributed by atoms with E-state index in [9.17, 15) is 4.79 Å². The van der Waals surface area contributed by atoms with E-state index in [4.69, 9.17) is 4.74 Å². The van der Waals surface area contributed by atoms with Gasteiger partial charge in [-0.3, -0.25) is 0 Å². The van der Waals surface area contributed by atoms with Crippen LogP contribution < -0.4 is 10.2 Å². The Morgan fingerprint density at radius 1 is 1.07 bits per heavy atom. The summed E-state index contributed by atoms with van der Waals surface area (Å²) in [7, 11) is 0. The minimum absolute atomic E-state index is 0.182. The van der Waals surface area contributed by atoms with E-state index in [1.165, 1.54) is 23.2 Å². The number of aryl methyl sites for hydroxylation is 1. The van der Waals surface area contributed by atoms with Crippen molar-refractivity contribution in [3.63, 3.8) is 0 Å². The maximum Gasteiger partial charge on any atom is 0.410 e. The van der Waals surface area contributed by atoms with E-state index in [-0.39, 0.29) is 6.09 Å². The highest BCUT2D eigenvalue weighted by atomic mass is 16.6. The van der Waals surface area contributed by atoms with Gasteiger partial charge in [0.25, 0.3) is 0 Å². The van der Waals surface area contributed by atoms with Crippen molar-refractivity contribution < 1.29 is 9.53 Å². The number of benzene rings is 2. The number of nitrogens with zero attached hydrogens (tertiary/aromatic N) is 2. The first-order chi connectivity index (χ1) is 14.4. The fourth-order valence-electron chi connectivity index (χ4n) is 5.26. The molecular formula is C25H31N3O2. The van der Waals surface area contributed by atoms with Crippen LogP contribution in [0.3, 0.4) is 0 Å². The van der Waals surface area contributed by atoms with Crippen LogP contribution in [0.2, 0.25) is 0 Å². The molecule has 0 spiro atoms. The van der Waals surface area contributed by atoms with Crippen molar-refractivity contribution in [1.82, 2.24) is 4.90 Å². The molecule has 0 aromatic heterocycles. The van der Waals surface area contributed by atoms with Crippen LogP contribution in [0.5, 0.6) is 0 Å². The third-order valence-corrected chi connectivity index (χ3v) is 6.42. The van der Waals surface area contributed by atoms with Crippen LogP contribution >= 0.6 is 0 Å². The molecule has 3 aliphatic rings. The maximum atomic E-state index is 12.7. The lowest BCUT2D eigenvalue weighted by molar-refractivity contribution is 0.0287. The summed E-state index contributed by atoms with van der Waals surface area (Å²) < 4.78 is 5.67. The Morgan fingerprint density at radius 2 is 1.87 bits per heavy atom. The van der Waals surface area contributed by atoms with Crippen LogP contribution in [0, 0.1) is 5.92 Å². The predicted octanol–water partition coefficient (Wildman–Crippen LogP) is 5.15. The smallest absolute Gasteiger partial charge is 0.410 e. The molecule has 1 fully saturated rings. The molecule has 5 rings (SSSR count). The summed E-state index contributed by atoms with van der Waals surface area (Å²) in [4.78, 5) is 17.2. The minimum Gasteiger partial charge on any atom is -0.444 e. The van der Waals surface area contributed by atoms with E-state index in [0.29, 0.717) is 11.8 Å². The second-order valence-electron chi connectivity index (χ2n) is 9.87. The van der Waals surface area contributed by atoms with Crippen LogP contribution in [0.25, 0.3) is 0 Å². The molecule has 2 unspecified atom stereocenters. The van der Waals surface area contributed by atoms with Crippen molar-refractivity contribution >= 4 is 23.2 Å². The van der Waals surface area contributed by atoms with Crippen molar-refractivity contribution in [2.45, 2.75) is 45.1 Å². The summed E-state index contributed by atoms with van der Waals surface area (Å²) in [5.74, 6) is 0.834. The minimum atomic E-state index is -0.461. The van der Waals surface area contributed by atoms with E-state index >= 15 is 0 Å². The second-order valence-corrected chi connectivity index (χ2v) is 9.87. The van der Waals surface area contributed by atoms with E-state index in [0.717, 1.165) is 44.0 Å². The van der Waals surface area contributed by atoms with Crippen LogP contribution in [-0.4, -0.2) is 42.8 Å². The van der Waals surface area contributed by atoms with E-state index in [1.54, 1.807) is 0 Å². The van der Waals surface area contributed by atoms with Crippen molar-refractivity contribution in [1.29, 1.82) is 0 Å². The van der Waals surface area contributed by atoms with Gasteiger partial charge in [0.1, 0.15) is 5.60 Å². The van der Waals surface area contributed by atoms with Crippen LogP contribution in [0.1, 0.15) is 44.2 Å². The van der Waals surface area contributed by atoms with Crippen molar-refractivity contribution in [2.75, 3.05) is 36.4 Å². The zero-order valence-corrected chi connectivity index (χ0v) is 18.1. The number of carbonyl (C=O) groups is 1. The molecule has 158 valence electrons. The number of anilines is 3. The summed E-state index contributed by atoms with van der Waals surface area (Å²) in [6.07, 6.45) is 2.13. The number of rotatable bonds is 2. The highest BCUT2D eigenvalue weighted by Gasteiger charge is 2.44. The topological polar surface area (TPSA) is 44.8 Å². The zero-order valence-electron chi connectivity index (χ0n) is 18.1. The third-order valence-electron chi connectivity index (χ3n) is 6.42. The molecule has 5 nitrogen and oxygen atoms in total. The summed E-state index contributed by atoms with van der Waals surface area (Å²) in [5, 5.41) is 3.59. The van der Waals surface area contributed by atoms with Crippen LogP contribution in [-0.2, 0) is 11.2 Å². The number of para-hydroxylation sites is 1. The Morgan fingerprint density at radius 3 is 2.63 bits per heavy atom. The summed E-state index contributed by atoms with van der Waals surface area (Å²) >= 11 is 0. The molecule has 0 saturated carbocycles. The first kappa shape index (κ1) is 19.3. The Kier molecular flexibility index (Phi) is 4.64. The lowest BCUT2D eigenvalue weighted by atomic mass is 9.80. The number of likely N-dealkylation sites (tertiary alicyclic amines) is 1. The number of fused-ring (bicyclic) bond motifs is 2. The lowest BCUT2D eigenvalue weighted by Gasteiger charge is -2.42. The Labute approximate surface area is 179 Å². The van der Waals surface area contributed by atoms with Gasteiger partial charge in [-0.2, -0.15) is 0 Å². The highest BCUT2D eigenvalue weighted by molar-refractivity contribution is 5.74. The van der Waals surface area contributed by atoms with Gasteiger partial charge >= 0.3 is 6.09 Å². The fourth-order valence-corrected chi connectivity index (χ4v) is 5.26. The molecule has 1 saturated heterocycles. The number of hydrogen-bond donors (Lipinski definition) is 1. The molecule has 1 amide bonds. The fraction of sp³-hybridized carbons (Fsp3) is 0.480. The van der Waals surface area contributed by atoms with Crippen molar-refractivity contribution in [2.24, 2.45) is 5.92 Å². The van der Waals surface area contributed by atoms with Crippen LogP contribution in [0.4, 0.5) is 21.9 Å². The van der Waals surface area contributed by atoms with Gasteiger partial charge in [0.15, 0.2) is 0 Å². The normalized spacial score (nSPS) is 22.4. The summed E-state index contributed by atoms with van der Waals surface area (Å²) in [6, 6.07) is 15.0. The van der Waals surface area contributed by atoms with E-state index < -0.39 is 5.60 Å². The first-order valence-electron chi connectivity index (χ1n) is 11.1. The average molecular weight is 406 g/mol. The number of carbonyl (C=O) groups excluding carboxylic acids is 1. The third kappa shape index (κ3) is 3.62. The molecule has 3 heterocycles. The number of hydrogen-bond acceptors (Lipinski definition) is 4. The largest absolute Gasteiger partial charge is 0.444 e. The molecule has 0 radical (unpaired) electrons. The molecule has 30 heavy (non-hydrogen) atoms. The summed E-state index contributed by atoms with van der Waals surface area (Å²) in [6.45, 7) is 9.47. The summed E-state index contributed by atoms with van der Waals surface area (Å²) in [5.41, 5.74) is 6.04. The highest BCUT2D eigenvalue weighted by Crippen LogP contribution is 2.47. The Bertz CT molecular complexity index is 951. The van der Waals surface area contributed by atoms with E-state index in [2.05, 4.69) is 46.6 Å². The standard InChI is InChI=1S/C25H31N3O2/c1-25(2,3)30-24(29)28-15-18-14-27-11-7-8-17-12-20(26-19-9-5-4-6-10-19)13-21(23(17)27)22(18)16-28/h4-6,9-10,12-13,18,22,26H,7-8,11,14-16H2,1-3H3. The second kappa shape index (κ2) is 7.22. The quantitative estimate of drug-likeness (QED) is 0.751. The molecule has 2 aromatic rings.